The number of aryl methyl sites for hydroxylation is 1. The lowest BCUT2D eigenvalue weighted by Gasteiger charge is -2.08. The van der Waals surface area contributed by atoms with Crippen LogP contribution in [0.4, 0.5) is 5.95 Å². The quantitative estimate of drug-likeness (QED) is 0.673. The first-order chi connectivity index (χ1) is 10.6. The van der Waals surface area contributed by atoms with Gasteiger partial charge in [-0.2, -0.15) is 15.1 Å². The van der Waals surface area contributed by atoms with E-state index in [4.69, 9.17) is 15.2 Å². The van der Waals surface area contributed by atoms with Crippen LogP contribution in [0.2, 0.25) is 0 Å². The lowest BCUT2D eigenvalue weighted by Crippen LogP contribution is -2.13. The third kappa shape index (κ3) is 4.08. The molecule has 2 aromatic heterocycles. The normalized spacial score (nSPS) is 10.3. The van der Waals surface area contributed by atoms with Gasteiger partial charge in [0, 0.05) is 19.3 Å². The molecule has 0 fully saturated rings. The average Bonchev–Trinajstić information content (AvgIpc) is 3.00. The fourth-order valence-electron chi connectivity index (χ4n) is 1.75. The maximum Gasteiger partial charge on any atom is 0.269 e. The first kappa shape index (κ1) is 15.5. The van der Waals surface area contributed by atoms with Crippen LogP contribution in [-0.2, 0) is 6.54 Å². The molecule has 0 aromatic carbocycles. The molecular formula is C13H18N6O3. The number of rotatable bonds is 8. The number of hydrogen-bond donors (Lipinski definition) is 2. The van der Waals surface area contributed by atoms with Crippen LogP contribution >= 0.6 is 0 Å². The third-order valence-electron chi connectivity index (χ3n) is 2.84. The van der Waals surface area contributed by atoms with Gasteiger partial charge in [-0.25, -0.2) is 0 Å². The number of ether oxygens (including phenoxy) is 2. The maximum absolute atomic E-state index is 10.9. The summed E-state index contributed by atoms with van der Waals surface area (Å²) in [5.74, 6) is 0.739. The van der Waals surface area contributed by atoms with Gasteiger partial charge in [0.05, 0.1) is 20.3 Å². The molecule has 9 heteroatoms. The van der Waals surface area contributed by atoms with Gasteiger partial charge >= 0.3 is 0 Å². The van der Waals surface area contributed by atoms with E-state index in [2.05, 4.69) is 20.4 Å². The Morgan fingerprint density at radius 3 is 2.55 bits per heavy atom. The highest BCUT2D eigenvalue weighted by Crippen LogP contribution is 2.17. The Kier molecular flexibility index (Phi) is 5.12. The van der Waals surface area contributed by atoms with Gasteiger partial charge in [0.1, 0.15) is 5.69 Å². The zero-order valence-electron chi connectivity index (χ0n) is 12.4. The predicted octanol–water partition coefficient (Wildman–Crippen LogP) is 0.291. The molecule has 2 heterocycles. The first-order valence-corrected chi connectivity index (χ1v) is 6.66. The summed E-state index contributed by atoms with van der Waals surface area (Å²) in [5.41, 5.74) is 5.40. The van der Waals surface area contributed by atoms with Crippen LogP contribution in [0, 0.1) is 0 Å². The van der Waals surface area contributed by atoms with Crippen molar-refractivity contribution >= 4 is 11.9 Å². The molecule has 118 valence electrons. The van der Waals surface area contributed by atoms with E-state index in [1.165, 1.54) is 14.2 Å². The monoisotopic (exact) mass is 306 g/mol. The molecule has 2 rings (SSSR count). The highest BCUT2D eigenvalue weighted by Gasteiger charge is 2.06. The van der Waals surface area contributed by atoms with E-state index in [1.807, 2.05) is 0 Å². The molecule has 0 bridgehead atoms. The van der Waals surface area contributed by atoms with E-state index in [1.54, 1.807) is 23.0 Å². The molecule has 3 N–H and O–H groups in total. The second kappa shape index (κ2) is 7.25. The number of primary amides is 1. The summed E-state index contributed by atoms with van der Waals surface area (Å²) in [6.07, 6.45) is 2.48. The molecule has 1 amide bonds. The van der Waals surface area contributed by atoms with Crippen molar-refractivity contribution in [3.8, 4) is 11.8 Å². The van der Waals surface area contributed by atoms with Crippen LogP contribution < -0.4 is 20.5 Å². The zero-order valence-corrected chi connectivity index (χ0v) is 12.4. The summed E-state index contributed by atoms with van der Waals surface area (Å²) in [7, 11) is 3.05. The number of hydrogen-bond acceptors (Lipinski definition) is 7. The number of amides is 1. The van der Waals surface area contributed by atoms with Crippen molar-refractivity contribution in [1.82, 2.24) is 19.7 Å². The number of nitrogens with zero attached hydrogens (tertiary/aromatic N) is 4. The van der Waals surface area contributed by atoms with Gasteiger partial charge in [0.25, 0.3) is 5.91 Å². The van der Waals surface area contributed by atoms with Gasteiger partial charge in [0.2, 0.25) is 17.7 Å². The van der Waals surface area contributed by atoms with Gasteiger partial charge in [-0.05, 0) is 12.5 Å². The molecule has 0 spiro atoms. The van der Waals surface area contributed by atoms with Crippen molar-refractivity contribution < 1.29 is 14.3 Å². The molecule has 22 heavy (non-hydrogen) atoms. The minimum atomic E-state index is -0.534. The summed E-state index contributed by atoms with van der Waals surface area (Å²) in [6.45, 7) is 1.27. The molecule has 9 nitrogen and oxygen atoms in total. The molecule has 0 radical (unpaired) electrons. The molecule has 0 unspecified atom stereocenters. The minimum absolute atomic E-state index is 0.258. The van der Waals surface area contributed by atoms with Crippen molar-refractivity contribution in [2.45, 2.75) is 13.0 Å². The van der Waals surface area contributed by atoms with Crippen LogP contribution in [-0.4, -0.2) is 46.4 Å². The Morgan fingerprint density at radius 2 is 2.00 bits per heavy atom. The SMILES string of the molecule is COc1cc(OC)nc(NCCCn2ccc(C(N)=O)n2)n1. The van der Waals surface area contributed by atoms with E-state index in [0.717, 1.165) is 6.42 Å². The van der Waals surface area contributed by atoms with Crippen LogP contribution in [0.25, 0.3) is 0 Å². The van der Waals surface area contributed by atoms with Gasteiger partial charge in [-0.15, -0.1) is 0 Å². The number of nitrogens with two attached hydrogens (primary N) is 1. The predicted molar refractivity (Wildman–Crippen MR) is 79.0 cm³/mol. The van der Waals surface area contributed by atoms with E-state index in [0.29, 0.717) is 30.8 Å². The standard InChI is InChI=1S/C13H18N6O3/c1-21-10-8-11(22-2)17-13(16-10)15-5-3-6-19-7-4-9(18-19)12(14)20/h4,7-8H,3,5-6H2,1-2H3,(H2,14,20)(H,15,16,17). The van der Waals surface area contributed by atoms with E-state index in [-0.39, 0.29) is 5.69 Å². The Hall–Kier alpha value is -2.84. The van der Waals surface area contributed by atoms with Crippen molar-refractivity contribution in [3.63, 3.8) is 0 Å². The molecule has 0 atom stereocenters. The fourth-order valence-corrected chi connectivity index (χ4v) is 1.75. The number of carbonyl (C=O) groups is 1. The molecule has 0 saturated carbocycles. The zero-order chi connectivity index (χ0) is 15.9. The van der Waals surface area contributed by atoms with Crippen molar-refractivity contribution in [1.29, 1.82) is 0 Å². The summed E-state index contributed by atoms with van der Waals surface area (Å²) >= 11 is 0. The Balaban J connectivity index is 1.84. The smallest absolute Gasteiger partial charge is 0.269 e. The van der Waals surface area contributed by atoms with Crippen molar-refractivity contribution in [2.24, 2.45) is 5.73 Å². The van der Waals surface area contributed by atoms with Gasteiger partial charge in [-0.3, -0.25) is 9.48 Å². The van der Waals surface area contributed by atoms with Crippen LogP contribution in [0.15, 0.2) is 18.3 Å². The highest BCUT2D eigenvalue weighted by molar-refractivity contribution is 5.90. The number of anilines is 1. The maximum atomic E-state index is 10.9. The van der Waals surface area contributed by atoms with Crippen molar-refractivity contribution in [3.05, 3.63) is 24.0 Å². The molecule has 2 aromatic rings. The summed E-state index contributed by atoms with van der Waals surface area (Å²) in [6, 6.07) is 3.19. The van der Waals surface area contributed by atoms with Gasteiger partial charge < -0.3 is 20.5 Å². The number of methoxy groups -OCH3 is 2. The average molecular weight is 306 g/mol. The molecule has 0 aliphatic heterocycles. The third-order valence-corrected chi connectivity index (χ3v) is 2.84. The second-order valence-corrected chi connectivity index (χ2v) is 4.38. The molecule has 0 aliphatic rings. The van der Waals surface area contributed by atoms with Gasteiger partial charge in [0.15, 0.2) is 0 Å². The summed E-state index contributed by atoms with van der Waals surface area (Å²) < 4.78 is 11.8. The van der Waals surface area contributed by atoms with E-state index < -0.39 is 5.91 Å². The molecular weight excluding hydrogens is 288 g/mol. The second-order valence-electron chi connectivity index (χ2n) is 4.38. The largest absolute Gasteiger partial charge is 0.481 e. The number of nitrogens with one attached hydrogen (secondary N) is 1. The lowest BCUT2D eigenvalue weighted by molar-refractivity contribution is 0.0994. The Labute approximate surface area is 127 Å². The first-order valence-electron chi connectivity index (χ1n) is 6.66. The Bertz CT molecular complexity index is 620. The van der Waals surface area contributed by atoms with E-state index in [9.17, 15) is 4.79 Å². The number of carbonyl (C=O) groups excluding carboxylic acids is 1. The summed E-state index contributed by atoms with van der Waals surface area (Å²) in [4.78, 5) is 19.3. The van der Waals surface area contributed by atoms with E-state index >= 15 is 0 Å². The highest BCUT2D eigenvalue weighted by atomic mass is 16.5. The fraction of sp³-hybridized carbons (Fsp3) is 0.385. The minimum Gasteiger partial charge on any atom is -0.481 e. The van der Waals surface area contributed by atoms with Gasteiger partial charge in [-0.1, -0.05) is 0 Å². The Morgan fingerprint density at radius 1 is 1.32 bits per heavy atom. The van der Waals surface area contributed by atoms with Crippen LogP contribution in [0.5, 0.6) is 11.8 Å². The lowest BCUT2D eigenvalue weighted by atomic mass is 10.4. The molecule has 0 saturated heterocycles. The number of aromatic nitrogens is 4. The topological polar surface area (TPSA) is 117 Å². The van der Waals surface area contributed by atoms with Crippen LogP contribution in [0.3, 0.4) is 0 Å². The summed E-state index contributed by atoms with van der Waals surface area (Å²) in [5, 5.41) is 7.13. The van der Waals surface area contributed by atoms with Crippen LogP contribution in [0.1, 0.15) is 16.9 Å². The molecule has 0 aliphatic carbocycles. The van der Waals surface area contributed by atoms with Crippen molar-refractivity contribution in [2.75, 3.05) is 26.1 Å².